The third-order valence-electron chi connectivity index (χ3n) is 10.2. The Morgan fingerprint density at radius 3 is 1.65 bits per heavy atom. The molecule has 0 saturated carbocycles. The molecule has 0 amide bonds. The van der Waals surface area contributed by atoms with Crippen LogP contribution < -0.4 is 5.63 Å². The summed E-state index contributed by atoms with van der Waals surface area (Å²) in [5.41, 5.74) is 12.2. The second-order valence-electron chi connectivity index (χ2n) is 13.2. The van der Waals surface area contributed by atoms with Gasteiger partial charge in [-0.15, -0.1) is 0 Å². The Labute approximate surface area is 300 Å². The zero-order valence-corrected chi connectivity index (χ0v) is 28.2. The molecule has 0 unspecified atom stereocenters. The summed E-state index contributed by atoms with van der Waals surface area (Å²) in [6.45, 7) is 0. The van der Waals surface area contributed by atoms with Crippen LogP contribution in [0.5, 0.6) is 0 Å². The summed E-state index contributed by atoms with van der Waals surface area (Å²) >= 11 is 0. The first-order valence-corrected chi connectivity index (χ1v) is 17.6. The Bertz CT molecular complexity index is 2950. The van der Waals surface area contributed by atoms with E-state index in [-0.39, 0.29) is 5.63 Å². The van der Waals surface area contributed by atoms with Crippen molar-refractivity contribution < 1.29 is 4.42 Å². The third kappa shape index (κ3) is 4.86. The summed E-state index contributed by atoms with van der Waals surface area (Å²) in [5.74, 6) is 0. The van der Waals surface area contributed by atoms with E-state index in [1.807, 2.05) is 36.4 Å². The maximum Gasteiger partial charge on any atom is 0.344 e. The van der Waals surface area contributed by atoms with E-state index < -0.39 is 0 Å². The summed E-state index contributed by atoms with van der Waals surface area (Å²) in [4.78, 5) is 13.8. The van der Waals surface area contributed by atoms with Crippen molar-refractivity contribution in [3.8, 4) is 50.2 Å². The highest BCUT2D eigenvalue weighted by molar-refractivity contribution is 6.17. The van der Waals surface area contributed by atoms with Crippen molar-refractivity contribution >= 4 is 43.5 Å². The van der Waals surface area contributed by atoms with E-state index in [0.29, 0.717) is 11.0 Å². The van der Waals surface area contributed by atoms with Crippen LogP contribution in [0.2, 0.25) is 0 Å². The van der Waals surface area contributed by atoms with Crippen LogP contribution in [0.15, 0.2) is 197 Å². The zero-order chi connectivity index (χ0) is 34.6. The number of aromatic nitrogens is 1. The third-order valence-corrected chi connectivity index (χ3v) is 10.2. The summed E-state index contributed by atoms with van der Waals surface area (Å²) < 4.78 is 8.43. The highest BCUT2D eigenvalue weighted by Crippen LogP contribution is 2.41. The van der Waals surface area contributed by atoms with Crippen LogP contribution in [-0.2, 0) is 0 Å². The molecular formula is C49H31NO2. The number of nitrogens with zero attached hydrogens (tertiary/aromatic N) is 1. The van der Waals surface area contributed by atoms with Gasteiger partial charge in [-0.05, 0) is 99.1 Å². The molecule has 10 aromatic rings. The minimum Gasteiger partial charge on any atom is -0.422 e. The Morgan fingerprint density at radius 2 is 0.942 bits per heavy atom. The molecule has 0 radical (unpaired) electrons. The highest BCUT2D eigenvalue weighted by atomic mass is 16.4. The van der Waals surface area contributed by atoms with Gasteiger partial charge in [0.25, 0.3) is 0 Å². The molecular weight excluding hydrogens is 635 g/mol. The second kappa shape index (κ2) is 12.1. The molecule has 0 aliphatic heterocycles. The number of rotatable bonds is 5. The van der Waals surface area contributed by atoms with Gasteiger partial charge in [0.05, 0.1) is 16.4 Å². The van der Waals surface area contributed by atoms with E-state index in [9.17, 15) is 4.79 Å². The quantitative estimate of drug-likeness (QED) is 0.135. The normalized spacial score (nSPS) is 11.5. The fourth-order valence-electron chi connectivity index (χ4n) is 7.88. The van der Waals surface area contributed by atoms with Gasteiger partial charge in [-0.2, -0.15) is 0 Å². The predicted octanol–water partition coefficient (Wildman–Crippen LogP) is 12.7. The molecule has 3 nitrogen and oxygen atoms in total. The van der Waals surface area contributed by atoms with E-state index in [1.165, 1.54) is 0 Å². The summed E-state index contributed by atoms with van der Waals surface area (Å²) in [6.07, 6.45) is 0. The first-order chi connectivity index (χ1) is 25.7. The van der Waals surface area contributed by atoms with Crippen molar-refractivity contribution in [2.75, 3.05) is 0 Å². The van der Waals surface area contributed by atoms with Gasteiger partial charge in [0.1, 0.15) is 5.58 Å². The standard InChI is InChI=1S/C49H31NO2/c51-49-43-31-34(39-21-12-24-45-47(39)42-20-10-11-23-44(42)50(45)38-18-8-3-9-19-38)26-27-41(43)48-40(22-13-25-46(48)52-49)37-29-35(32-14-4-1-5-15-32)28-36(30-37)33-16-6-2-7-17-33/h1-31H. The maximum atomic E-state index is 13.8. The van der Waals surface area contributed by atoms with Gasteiger partial charge in [0, 0.05) is 27.2 Å². The predicted molar refractivity (Wildman–Crippen MR) is 216 cm³/mol. The second-order valence-corrected chi connectivity index (χ2v) is 13.2. The van der Waals surface area contributed by atoms with Crippen molar-refractivity contribution in [3.63, 3.8) is 0 Å². The fraction of sp³-hybridized carbons (Fsp3) is 0. The van der Waals surface area contributed by atoms with Crippen molar-refractivity contribution in [3.05, 3.63) is 198 Å². The van der Waals surface area contributed by atoms with Gasteiger partial charge >= 0.3 is 5.63 Å². The zero-order valence-electron chi connectivity index (χ0n) is 28.2. The van der Waals surface area contributed by atoms with Crippen molar-refractivity contribution in [2.24, 2.45) is 0 Å². The summed E-state index contributed by atoms with van der Waals surface area (Å²) in [6, 6.07) is 65.4. The van der Waals surface area contributed by atoms with Crippen LogP contribution in [-0.4, -0.2) is 4.57 Å². The molecule has 52 heavy (non-hydrogen) atoms. The Balaban J connectivity index is 1.20. The lowest BCUT2D eigenvalue weighted by molar-refractivity contribution is 0.570. The molecule has 244 valence electrons. The Kier molecular flexibility index (Phi) is 6.97. The molecule has 10 rings (SSSR count). The van der Waals surface area contributed by atoms with Crippen LogP contribution in [0.1, 0.15) is 0 Å². The van der Waals surface area contributed by atoms with Gasteiger partial charge in [0.15, 0.2) is 0 Å². The molecule has 0 saturated heterocycles. The fourth-order valence-corrected chi connectivity index (χ4v) is 7.88. The van der Waals surface area contributed by atoms with Gasteiger partial charge in [-0.1, -0.05) is 133 Å². The number of hydrogen-bond donors (Lipinski definition) is 0. The van der Waals surface area contributed by atoms with Gasteiger partial charge in [0.2, 0.25) is 0 Å². The lowest BCUT2D eigenvalue weighted by atomic mass is 9.90. The van der Waals surface area contributed by atoms with E-state index in [2.05, 4.69) is 156 Å². The summed E-state index contributed by atoms with van der Waals surface area (Å²) in [7, 11) is 0. The number of hydrogen-bond acceptors (Lipinski definition) is 2. The number of fused-ring (bicyclic) bond motifs is 6. The van der Waals surface area contributed by atoms with Crippen molar-refractivity contribution in [1.29, 1.82) is 0 Å². The Hall–Kier alpha value is -6.97. The van der Waals surface area contributed by atoms with Gasteiger partial charge < -0.3 is 8.98 Å². The lowest BCUT2D eigenvalue weighted by Crippen LogP contribution is -2.01. The Morgan fingerprint density at radius 1 is 0.365 bits per heavy atom. The van der Waals surface area contributed by atoms with Crippen LogP contribution >= 0.6 is 0 Å². The molecule has 0 N–H and O–H groups in total. The minimum absolute atomic E-state index is 0.344. The van der Waals surface area contributed by atoms with E-state index in [1.54, 1.807) is 0 Å². The maximum absolute atomic E-state index is 13.8. The molecule has 8 aromatic carbocycles. The first kappa shape index (κ1) is 29.9. The SMILES string of the molecule is O=c1oc2cccc(-c3cc(-c4ccccc4)cc(-c4ccccc4)c3)c2c2ccc(-c3cccc4c3c3ccccc3n4-c3ccccc3)cc12. The molecule has 0 bridgehead atoms. The molecule has 0 fully saturated rings. The molecule has 2 heterocycles. The average molecular weight is 666 g/mol. The highest BCUT2D eigenvalue weighted by Gasteiger charge is 2.19. The van der Waals surface area contributed by atoms with Crippen molar-refractivity contribution in [2.45, 2.75) is 0 Å². The van der Waals surface area contributed by atoms with E-state index >= 15 is 0 Å². The first-order valence-electron chi connectivity index (χ1n) is 17.6. The summed E-state index contributed by atoms with van der Waals surface area (Å²) in [5, 5.41) is 4.67. The molecule has 0 aliphatic carbocycles. The molecule has 2 aromatic heterocycles. The topological polar surface area (TPSA) is 35.1 Å². The van der Waals surface area contributed by atoms with Crippen LogP contribution in [0, 0.1) is 0 Å². The van der Waals surface area contributed by atoms with Crippen LogP contribution in [0.25, 0.3) is 93.7 Å². The smallest absolute Gasteiger partial charge is 0.344 e. The monoisotopic (exact) mass is 665 g/mol. The van der Waals surface area contributed by atoms with Gasteiger partial charge in [-0.3, -0.25) is 0 Å². The average Bonchev–Trinajstić information content (AvgIpc) is 3.56. The van der Waals surface area contributed by atoms with E-state index in [0.717, 1.165) is 82.8 Å². The largest absolute Gasteiger partial charge is 0.422 e. The van der Waals surface area contributed by atoms with Gasteiger partial charge in [-0.25, -0.2) is 4.79 Å². The lowest BCUT2D eigenvalue weighted by Gasteiger charge is -2.14. The molecule has 0 spiro atoms. The van der Waals surface area contributed by atoms with E-state index in [4.69, 9.17) is 4.42 Å². The molecule has 0 aliphatic rings. The van der Waals surface area contributed by atoms with Crippen LogP contribution in [0.4, 0.5) is 0 Å². The molecule has 3 heteroatoms. The van der Waals surface area contributed by atoms with Crippen molar-refractivity contribution in [1.82, 2.24) is 4.57 Å². The number of para-hydroxylation sites is 2. The molecule has 0 atom stereocenters. The minimum atomic E-state index is -0.344. The van der Waals surface area contributed by atoms with Crippen LogP contribution in [0.3, 0.4) is 0 Å². The number of benzene rings is 8.